The number of amides is 2. The van der Waals surface area contributed by atoms with E-state index in [4.69, 9.17) is 5.41 Å². The molecule has 1 saturated heterocycles. The van der Waals surface area contributed by atoms with Crippen LogP contribution in [-0.2, 0) is 9.59 Å². The average molecular weight is 285 g/mol. The van der Waals surface area contributed by atoms with Gasteiger partial charge in [0.2, 0.25) is 11.8 Å². The summed E-state index contributed by atoms with van der Waals surface area (Å²) < 4.78 is 0. The van der Waals surface area contributed by atoms with Crippen molar-refractivity contribution in [1.29, 1.82) is 5.41 Å². The van der Waals surface area contributed by atoms with Gasteiger partial charge in [0.1, 0.15) is 0 Å². The fraction of sp³-hybridized carbons (Fsp3) is 0.312. The number of para-hydroxylation sites is 1. The second kappa shape index (κ2) is 7.38. The predicted octanol–water partition coefficient (Wildman–Crippen LogP) is 2.56. The van der Waals surface area contributed by atoms with E-state index in [9.17, 15) is 9.59 Å². The van der Waals surface area contributed by atoms with Crippen LogP contribution < -0.4 is 5.32 Å². The molecule has 0 aromatic heterocycles. The largest absolute Gasteiger partial charge is 0.361 e. The summed E-state index contributed by atoms with van der Waals surface area (Å²) in [6, 6.07) is 9.63. The zero-order valence-corrected chi connectivity index (χ0v) is 11.8. The van der Waals surface area contributed by atoms with Gasteiger partial charge in [0.15, 0.2) is 0 Å². The molecule has 1 aliphatic rings. The van der Waals surface area contributed by atoms with Crippen LogP contribution in [0.2, 0.25) is 0 Å². The number of imide groups is 1. The van der Waals surface area contributed by atoms with Gasteiger partial charge >= 0.3 is 0 Å². The van der Waals surface area contributed by atoms with Gasteiger partial charge in [-0.25, -0.2) is 0 Å². The number of anilines is 1. The maximum absolute atomic E-state index is 11.7. The van der Waals surface area contributed by atoms with Gasteiger partial charge in [0.05, 0.1) is 0 Å². The minimum Gasteiger partial charge on any atom is -0.361 e. The summed E-state index contributed by atoms with van der Waals surface area (Å²) in [5, 5.41) is 10.5. The van der Waals surface area contributed by atoms with Gasteiger partial charge in [-0.1, -0.05) is 18.2 Å². The number of benzene rings is 1. The smallest absolute Gasteiger partial charge is 0.229 e. The molecule has 0 saturated carbocycles. The zero-order chi connectivity index (χ0) is 15.1. The van der Waals surface area contributed by atoms with E-state index < -0.39 is 0 Å². The lowest BCUT2D eigenvalue weighted by Gasteiger charge is -2.24. The molecule has 5 nitrogen and oxygen atoms in total. The first-order valence-corrected chi connectivity index (χ1v) is 7.05. The van der Waals surface area contributed by atoms with Crippen LogP contribution in [-0.4, -0.2) is 29.5 Å². The molecule has 0 bridgehead atoms. The van der Waals surface area contributed by atoms with Crippen LogP contribution in [0, 0.1) is 5.41 Å². The van der Waals surface area contributed by atoms with E-state index in [2.05, 4.69) is 5.32 Å². The number of hydrogen-bond acceptors (Lipinski definition) is 4. The Balaban J connectivity index is 1.91. The van der Waals surface area contributed by atoms with E-state index in [1.165, 1.54) is 11.1 Å². The first-order valence-electron chi connectivity index (χ1n) is 7.05. The highest BCUT2D eigenvalue weighted by atomic mass is 16.2. The van der Waals surface area contributed by atoms with Gasteiger partial charge in [-0.15, -0.1) is 0 Å². The van der Waals surface area contributed by atoms with Crippen molar-refractivity contribution in [2.75, 3.05) is 11.9 Å². The van der Waals surface area contributed by atoms with Crippen molar-refractivity contribution in [3.8, 4) is 0 Å². The third-order valence-electron chi connectivity index (χ3n) is 3.39. The lowest BCUT2D eigenvalue weighted by atomic mass is 10.1. The molecule has 0 spiro atoms. The lowest BCUT2D eigenvalue weighted by molar-refractivity contribution is -0.147. The fourth-order valence-electron chi connectivity index (χ4n) is 2.19. The highest BCUT2D eigenvalue weighted by molar-refractivity contribution is 5.97. The third-order valence-corrected chi connectivity index (χ3v) is 3.39. The Labute approximate surface area is 124 Å². The van der Waals surface area contributed by atoms with Gasteiger partial charge in [-0.3, -0.25) is 14.5 Å². The number of carbonyl (C=O) groups is 2. The summed E-state index contributed by atoms with van der Waals surface area (Å²) in [6.45, 7) is 0.343. The van der Waals surface area contributed by atoms with Crippen molar-refractivity contribution in [2.24, 2.45) is 0 Å². The molecule has 2 N–H and O–H groups in total. The van der Waals surface area contributed by atoms with Crippen molar-refractivity contribution in [1.82, 2.24) is 4.90 Å². The van der Waals surface area contributed by atoms with Gasteiger partial charge in [-0.2, -0.15) is 0 Å². The first kappa shape index (κ1) is 15.0. The Kier molecular flexibility index (Phi) is 5.26. The molecule has 5 heteroatoms. The summed E-state index contributed by atoms with van der Waals surface area (Å²) in [7, 11) is 0. The van der Waals surface area contributed by atoms with Crippen molar-refractivity contribution < 1.29 is 9.59 Å². The molecule has 110 valence electrons. The van der Waals surface area contributed by atoms with E-state index in [1.807, 2.05) is 30.3 Å². The Morgan fingerprint density at radius 2 is 1.86 bits per heavy atom. The van der Waals surface area contributed by atoms with Crippen molar-refractivity contribution in [2.45, 2.75) is 25.7 Å². The zero-order valence-electron chi connectivity index (χ0n) is 11.8. The number of piperidine rings is 1. The third kappa shape index (κ3) is 4.27. The molecule has 0 radical (unpaired) electrons. The molecule has 1 fully saturated rings. The molecular formula is C16H19N3O2. The number of carbonyl (C=O) groups excluding carboxylic acids is 2. The highest BCUT2D eigenvalue weighted by Gasteiger charge is 2.25. The van der Waals surface area contributed by atoms with Gasteiger partial charge in [-0.05, 0) is 30.5 Å². The fourth-order valence-corrected chi connectivity index (χ4v) is 2.19. The van der Waals surface area contributed by atoms with Gasteiger partial charge < -0.3 is 10.7 Å². The highest BCUT2D eigenvalue weighted by Crippen LogP contribution is 2.14. The molecule has 0 aliphatic carbocycles. The summed E-state index contributed by atoms with van der Waals surface area (Å²) in [4.78, 5) is 24.7. The number of likely N-dealkylation sites (tertiary alicyclic amines) is 1. The van der Waals surface area contributed by atoms with Crippen molar-refractivity contribution in [3.63, 3.8) is 0 Å². The minimum absolute atomic E-state index is 0.105. The number of nitrogens with one attached hydrogen (secondary N) is 2. The van der Waals surface area contributed by atoms with E-state index in [0.717, 1.165) is 11.3 Å². The molecule has 2 amide bonds. The van der Waals surface area contributed by atoms with Crippen LogP contribution in [0.3, 0.4) is 0 Å². The molecular weight excluding hydrogens is 266 g/mol. The average Bonchev–Trinajstić information content (AvgIpc) is 2.50. The minimum atomic E-state index is -0.105. The Morgan fingerprint density at radius 3 is 2.48 bits per heavy atom. The van der Waals surface area contributed by atoms with Crippen molar-refractivity contribution in [3.05, 3.63) is 42.1 Å². The molecule has 1 aromatic rings. The molecule has 2 rings (SSSR count). The van der Waals surface area contributed by atoms with E-state index in [1.54, 1.807) is 6.20 Å². The monoisotopic (exact) mass is 285 g/mol. The van der Waals surface area contributed by atoms with Crippen LogP contribution in [0.15, 0.2) is 42.1 Å². The molecule has 21 heavy (non-hydrogen) atoms. The standard InChI is InChI=1S/C16H19N3O2/c17-11-13(12-18-14-5-2-1-3-6-14)9-10-19-15(20)7-4-8-16(19)21/h1-3,5-6,11-12,17-18H,4,7-10H2/b13-12-,17-11?. The van der Waals surface area contributed by atoms with E-state index in [0.29, 0.717) is 32.2 Å². The van der Waals surface area contributed by atoms with Crippen LogP contribution in [0.25, 0.3) is 0 Å². The van der Waals surface area contributed by atoms with Crippen LogP contribution >= 0.6 is 0 Å². The Bertz CT molecular complexity index is 536. The first-order chi connectivity index (χ1) is 10.2. The molecule has 0 unspecified atom stereocenters. The molecule has 1 aliphatic heterocycles. The second-order valence-corrected chi connectivity index (χ2v) is 4.92. The quantitative estimate of drug-likeness (QED) is 0.623. The van der Waals surface area contributed by atoms with Crippen molar-refractivity contribution >= 4 is 23.7 Å². The number of nitrogens with zero attached hydrogens (tertiary/aromatic N) is 1. The van der Waals surface area contributed by atoms with Crippen LogP contribution in [0.5, 0.6) is 0 Å². The Morgan fingerprint density at radius 1 is 1.19 bits per heavy atom. The normalized spacial score (nSPS) is 16.0. The number of hydrogen-bond donors (Lipinski definition) is 2. The summed E-state index contributed by atoms with van der Waals surface area (Å²) in [6.07, 6.45) is 5.00. The van der Waals surface area contributed by atoms with Gasteiger partial charge in [0, 0.05) is 37.5 Å². The summed E-state index contributed by atoms with van der Waals surface area (Å²) in [5.41, 5.74) is 1.67. The SMILES string of the molecule is N=C/C(=C\Nc1ccccc1)CCN1C(=O)CCCC1=O. The van der Waals surface area contributed by atoms with E-state index in [-0.39, 0.29) is 11.8 Å². The summed E-state index contributed by atoms with van der Waals surface area (Å²) >= 11 is 0. The predicted molar refractivity (Wildman–Crippen MR) is 82.1 cm³/mol. The molecule has 0 atom stereocenters. The topological polar surface area (TPSA) is 73.3 Å². The Hall–Kier alpha value is -2.43. The number of rotatable bonds is 6. The van der Waals surface area contributed by atoms with Gasteiger partial charge in [0.25, 0.3) is 0 Å². The lowest BCUT2D eigenvalue weighted by Crippen LogP contribution is -2.40. The maximum atomic E-state index is 11.7. The molecule has 1 heterocycles. The second-order valence-electron chi connectivity index (χ2n) is 4.92. The van der Waals surface area contributed by atoms with Crippen LogP contribution in [0.4, 0.5) is 5.69 Å². The van der Waals surface area contributed by atoms with E-state index >= 15 is 0 Å². The summed E-state index contributed by atoms with van der Waals surface area (Å²) in [5.74, 6) is -0.210. The molecule has 1 aromatic carbocycles. The maximum Gasteiger partial charge on any atom is 0.229 e. The van der Waals surface area contributed by atoms with Crippen LogP contribution in [0.1, 0.15) is 25.7 Å².